The van der Waals surface area contributed by atoms with Gasteiger partial charge in [0.25, 0.3) is 11.5 Å². The number of hydrogen-bond donors (Lipinski definition) is 1. The zero-order valence-electron chi connectivity index (χ0n) is 16.5. The summed E-state index contributed by atoms with van der Waals surface area (Å²) < 4.78 is 7.26. The fraction of sp³-hybridized carbons (Fsp3) is 0.238. The number of fused-ring (bicyclic) bond motifs is 1. The SMILES string of the molecule is CCCNc1nc2ccc(C)cn2c(=O)c1/C=C1/SC(=S)N(Cc2ccco2)C1=O. The third-order valence-corrected chi connectivity index (χ3v) is 5.97. The first-order chi connectivity index (χ1) is 14.5. The summed E-state index contributed by atoms with van der Waals surface area (Å²) in [6.45, 7) is 4.86. The van der Waals surface area contributed by atoms with Crippen LogP contribution >= 0.6 is 24.0 Å². The predicted octanol–water partition coefficient (Wildman–Crippen LogP) is 3.82. The highest BCUT2D eigenvalue weighted by molar-refractivity contribution is 8.26. The minimum absolute atomic E-state index is 0.237. The summed E-state index contributed by atoms with van der Waals surface area (Å²) in [5, 5.41) is 3.21. The van der Waals surface area contributed by atoms with Crippen molar-refractivity contribution in [2.24, 2.45) is 0 Å². The fourth-order valence-corrected chi connectivity index (χ4v) is 4.33. The van der Waals surface area contributed by atoms with E-state index >= 15 is 0 Å². The van der Waals surface area contributed by atoms with Crippen LogP contribution < -0.4 is 10.9 Å². The molecule has 1 fully saturated rings. The van der Waals surface area contributed by atoms with Crippen molar-refractivity contribution in [1.29, 1.82) is 0 Å². The molecule has 154 valence electrons. The first kappa shape index (κ1) is 20.4. The number of anilines is 1. The van der Waals surface area contributed by atoms with E-state index in [1.54, 1.807) is 36.7 Å². The van der Waals surface area contributed by atoms with Crippen LogP contribution in [0.3, 0.4) is 0 Å². The molecule has 7 nitrogen and oxygen atoms in total. The molecular formula is C21H20N4O3S2. The second-order valence-electron chi connectivity index (χ2n) is 6.89. The van der Waals surface area contributed by atoms with E-state index in [1.807, 2.05) is 19.9 Å². The van der Waals surface area contributed by atoms with E-state index in [0.29, 0.717) is 38.6 Å². The van der Waals surface area contributed by atoms with Crippen LogP contribution in [0.5, 0.6) is 0 Å². The summed E-state index contributed by atoms with van der Waals surface area (Å²) in [6, 6.07) is 7.26. The molecule has 0 atom stereocenters. The van der Waals surface area contributed by atoms with Crippen molar-refractivity contribution in [3.05, 3.63) is 68.9 Å². The number of carbonyl (C=O) groups is 1. The standard InChI is InChI=1S/C21H20N4O3S2/c1-3-8-22-18-15(19(26)24-11-13(2)6-7-17(24)23-18)10-16-20(27)25(21(29)30-16)12-14-5-4-9-28-14/h4-7,9-11,22H,3,8,12H2,1-2H3/b16-10+. The average Bonchev–Trinajstić information content (AvgIpc) is 3.33. The molecule has 0 radical (unpaired) electrons. The number of thioether (sulfide) groups is 1. The highest BCUT2D eigenvalue weighted by atomic mass is 32.2. The summed E-state index contributed by atoms with van der Waals surface area (Å²) in [5.74, 6) is 0.847. The van der Waals surface area contributed by atoms with Gasteiger partial charge in [-0.05, 0) is 43.2 Å². The highest BCUT2D eigenvalue weighted by Crippen LogP contribution is 2.34. The van der Waals surface area contributed by atoms with Crippen LogP contribution in [0.2, 0.25) is 0 Å². The molecule has 30 heavy (non-hydrogen) atoms. The van der Waals surface area contributed by atoms with Gasteiger partial charge in [-0.2, -0.15) is 0 Å². The molecule has 1 N–H and O–H groups in total. The number of aryl methyl sites for hydroxylation is 1. The van der Waals surface area contributed by atoms with E-state index in [9.17, 15) is 9.59 Å². The van der Waals surface area contributed by atoms with E-state index in [-0.39, 0.29) is 18.0 Å². The zero-order chi connectivity index (χ0) is 21.3. The molecule has 0 aromatic carbocycles. The lowest BCUT2D eigenvalue weighted by molar-refractivity contribution is -0.122. The Morgan fingerprint density at radius 3 is 2.87 bits per heavy atom. The molecule has 0 bridgehead atoms. The van der Waals surface area contributed by atoms with E-state index < -0.39 is 0 Å². The molecule has 0 aliphatic carbocycles. The average molecular weight is 441 g/mol. The fourth-order valence-electron chi connectivity index (χ4n) is 3.09. The molecule has 1 aliphatic heterocycles. The third kappa shape index (κ3) is 3.90. The van der Waals surface area contributed by atoms with E-state index in [0.717, 1.165) is 12.0 Å². The summed E-state index contributed by atoms with van der Waals surface area (Å²) in [6.07, 6.45) is 5.76. The van der Waals surface area contributed by atoms with Crippen molar-refractivity contribution in [1.82, 2.24) is 14.3 Å². The molecule has 9 heteroatoms. The van der Waals surface area contributed by atoms with Crippen LogP contribution in [0.25, 0.3) is 11.7 Å². The Labute approximate surface area is 182 Å². The molecule has 1 aliphatic rings. The smallest absolute Gasteiger partial charge is 0.267 e. The Bertz CT molecular complexity index is 1210. The third-order valence-electron chi connectivity index (χ3n) is 4.59. The second-order valence-corrected chi connectivity index (χ2v) is 8.56. The summed E-state index contributed by atoms with van der Waals surface area (Å²) >= 11 is 6.56. The van der Waals surface area contributed by atoms with Gasteiger partial charge in [-0.1, -0.05) is 37.0 Å². The van der Waals surface area contributed by atoms with Gasteiger partial charge < -0.3 is 9.73 Å². The van der Waals surface area contributed by atoms with E-state index in [1.165, 1.54) is 21.1 Å². The number of rotatable bonds is 6. The normalized spacial score (nSPS) is 15.5. The number of carbonyl (C=O) groups excluding carboxylic acids is 1. The van der Waals surface area contributed by atoms with Gasteiger partial charge >= 0.3 is 0 Å². The molecule has 1 amide bonds. The molecule has 4 rings (SSSR count). The lowest BCUT2D eigenvalue weighted by Gasteiger charge is -2.12. The van der Waals surface area contributed by atoms with Crippen molar-refractivity contribution in [3.8, 4) is 0 Å². The van der Waals surface area contributed by atoms with Crippen LogP contribution in [0, 0.1) is 6.92 Å². The van der Waals surface area contributed by atoms with Crippen LogP contribution in [0.15, 0.2) is 50.8 Å². The minimum atomic E-state index is -0.253. The van der Waals surface area contributed by atoms with E-state index in [2.05, 4.69) is 10.3 Å². The minimum Gasteiger partial charge on any atom is -0.467 e. The predicted molar refractivity (Wildman–Crippen MR) is 122 cm³/mol. The van der Waals surface area contributed by atoms with Crippen molar-refractivity contribution in [2.45, 2.75) is 26.8 Å². The van der Waals surface area contributed by atoms with Gasteiger partial charge in [0, 0.05) is 12.7 Å². The van der Waals surface area contributed by atoms with Crippen LogP contribution in [0.1, 0.15) is 30.2 Å². The first-order valence-corrected chi connectivity index (χ1v) is 10.7. The number of amides is 1. The van der Waals surface area contributed by atoms with Crippen molar-refractivity contribution < 1.29 is 9.21 Å². The molecule has 0 unspecified atom stereocenters. The Kier molecular flexibility index (Phi) is 5.74. The Balaban J connectivity index is 1.77. The monoisotopic (exact) mass is 440 g/mol. The summed E-state index contributed by atoms with van der Waals surface area (Å²) in [4.78, 5) is 32.7. The van der Waals surface area contributed by atoms with Crippen molar-refractivity contribution in [2.75, 3.05) is 11.9 Å². The largest absolute Gasteiger partial charge is 0.467 e. The van der Waals surface area contributed by atoms with Gasteiger partial charge in [0.05, 0.1) is 23.3 Å². The maximum absolute atomic E-state index is 13.2. The van der Waals surface area contributed by atoms with Crippen LogP contribution in [-0.4, -0.2) is 31.1 Å². The van der Waals surface area contributed by atoms with Gasteiger partial charge in [0.2, 0.25) is 0 Å². The Morgan fingerprint density at radius 1 is 1.30 bits per heavy atom. The van der Waals surface area contributed by atoms with Gasteiger partial charge in [-0.15, -0.1) is 0 Å². The lowest BCUT2D eigenvalue weighted by Crippen LogP contribution is -2.27. The van der Waals surface area contributed by atoms with Gasteiger partial charge in [-0.3, -0.25) is 18.9 Å². The molecule has 3 aromatic heterocycles. The number of furan rings is 1. The molecule has 0 spiro atoms. The molecule has 4 heterocycles. The zero-order valence-corrected chi connectivity index (χ0v) is 18.2. The quantitative estimate of drug-likeness (QED) is 0.461. The Hall–Kier alpha value is -2.91. The number of hydrogen-bond acceptors (Lipinski definition) is 7. The molecule has 1 saturated heterocycles. The highest BCUT2D eigenvalue weighted by Gasteiger charge is 2.33. The summed E-state index contributed by atoms with van der Waals surface area (Å²) in [7, 11) is 0. The van der Waals surface area contributed by atoms with Crippen LogP contribution in [-0.2, 0) is 11.3 Å². The summed E-state index contributed by atoms with van der Waals surface area (Å²) in [5.41, 5.74) is 1.59. The molecule has 3 aromatic rings. The van der Waals surface area contributed by atoms with Gasteiger partial charge in [-0.25, -0.2) is 4.98 Å². The van der Waals surface area contributed by atoms with Crippen molar-refractivity contribution >= 4 is 51.7 Å². The van der Waals surface area contributed by atoms with E-state index in [4.69, 9.17) is 16.6 Å². The second kappa shape index (κ2) is 8.45. The number of pyridine rings is 1. The molecular weight excluding hydrogens is 420 g/mol. The van der Waals surface area contributed by atoms with Crippen molar-refractivity contribution in [3.63, 3.8) is 0 Å². The van der Waals surface area contributed by atoms with Gasteiger partial charge in [0.15, 0.2) is 0 Å². The Morgan fingerprint density at radius 2 is 2.13 bits per heavy atom. The number of thiocarbonyl (C=S) groups is 1. The number of aromatic nitrogens is 2. The van der Waals surface area contributed by atoms with Crippen LogP contribution in [0.4, 0.5) is 5.82 Å². The maximum Gasteiger partial charge on any atom is 0.267 e. The topological polar surface area (TPSA) is 79.9 Å². The number of nitrogens with one attached hydrogen (secondary N) is 1. The van der Waals surface area contributed by atoms with Gasteiger partial charge in [0.1, 0.15) is 21.5 Å². The first-order valence-electron chi connectivity index (χ1n) is 9.52. The molecule has 0 saturated carbocycles. The maximum atomic E-state index is 13.2. The lowest BCUT2D eigenvalue weighted by atomic mass is 10.2. The number of nitrogens with zero attached hydrogens (tertiary/aromatic N) is 3.